The van der Waals surface area contributed by atoms with Crippen molar-refractivity contribution in [2.75, 3.05) is 0 Å². The Kier molecular flexibility index (Phi) is 3.97. The summed E-state index contributed by atoms with van der Waals surface area (Å²) < 4.78 is 5.42. The minimum absolute atomic E-state index is 0.359. The van der Waals surface area contributed by atoms with E-state index in [1.807, 2.05) is 24.3 Å². The molecule has 3 rings (SSSR count). The van der Waals surface area contributed by atoms with Crippen molar-refractivity contribution in [3.63, 3.8) is 0 Å². The van der Waals surface area contributed by atoms with Crippen molar-refractivity contribution >= 4 is 6.29 Å². The van der Waals surface area contributed by atoms with E-state index in [0.29, 0.717) is 5.76 Å². The fourth-order valence-corrected chi connectivity index (χ4v) is 2.34. The molecule has 1 heterocycles. The Bertz CT molecular complexity index is 709. The van der Waals surface area contributed by atoms with Crippen LogP contribution in [0.1, 0.15) is 21.7 Å². The van der Waals surface area contributed by atoms with Crippen LogP contribution >= 0.6 is 0 Å². The van der Waals surface area contributed by atoms with Gasteiger partial charge in [0.2, 0.25) is 0 Å². The van der Waals surface area contributed by atoms with Crippen molar-refractivity contribution in [2.45, 2.75) is 12.8 Å². The number of benzene rings is 2. The molecule has 0 unspecified atom stereocenters. The average Bonchev–Trinajstić information content (AvgIpc) is 3.03. The van der Waals surface area contributed by atoms with Crippen molar-refractivity contribution in [1.29, 1.82) is 0 Å². The van der Waals surface area contributed by atoms with Crippen molar-refractivity contribution in [3.05, 3.63) is 83.6 Å². The molecule has 21 heavy (non-hydrogen) atoms. The molecule has 0 bridgehead atoms. The van der Waals surface area contributed by atoms with E-state index >= 15 is 0 Å². The predicted octanol–water partition coefficient (Wildman–Crippen LogP) is 4.54. The molecular weight excluding hydrogens is 260 g/mol. The van der Waals surface area contributed by atoms with Crippen LogP contribution in [0.4, 0.5) is 0 Å². The second-order valence-electron chi connectivity index (χ2n) is 5.00. The molecule has 0 saturated carbocycles. The molecule has 0 N–H and O–H groups in total. The van der Waals surface area contributed by atoms with E-state index in [1.54, 1.807) is 6.07 Å². The summed E-state index contributed by atoms with van der Waals surface area (Å²) in [6, 6.07) is 22.3. The van der Waals surface area contributed by atoms with Gasteiger partial charge < -0.3 is 4.42 Å². The maximum atomic E-state index is 10.6. The van der Waals surface area contributed by atoms with E-state index in [2.05, 4.69) is 36.4 Å². The standard InChI is InChI=1S/C19H16O2/c20-14-18-12-13-19(21-18)17-10-8-16(9-11-17)7-6-15-4-2-1-3-5-15/h1-5,8-14H,6-7H2. The second-order valence-corrected chi connectivity index (χ2v) is 5.00. The van der Waals surface area contributed by atoms with Gasteiger partial charge in [0, 0.05) is 5.56 Å². The minimum Gasteiger partial charge on any atom is -0.453 e. The summed E-state index contributed by atoms with van der Waals surface area (Å²) in [5, 5.41) is 0. The third-order valence-corrected chi connectivity index (χ3v) is 3.53. The van der Waals surface area contributed by atoms with Gasteiger partial charge in [0.05, 0.1) is 0 Å². The third kappa shape index (κ3) is 3.29. The quantitative estimate of drug-likeness (QED) is 0.640. The second kappa shape index (κ2) is 6.23. The minimum atomic E-state index is 0.359. The molecule has 0 spiro atoms. The number of carbonyl (C=O) groups is 1. The Hall–Kier alpha value is -2.61. The maximum absolute atomic E-state index is 10.6. The zero-order valence-corrected chi connectivity index (χ0v) is 11.7. The van der Waals surface area contributed by atoms with Crippen LogP contribution in [-0.4, -0.2) is 6.29 Å². The highest BCUT2D eigenvalue weighted by Crippen LogP contribution is 2.22. The van der Waals surface area contributed by atoms with E-state index in [9.17, 15) is 4.79 Å². The Morgan fingerprint density at radius 1 is 0.762 bits per heavy atom. The summed E-state index contributed by atoms with van der Waals surface area (Å²) >= 11 is 0. The van der Waals surface area contributed by atoms with Gasteiger partial charge in [0.15, 0.2) is 12.0 Å². The molecule has 0 amide bonds. The van der Waals surface area contributed by atoms with Crippen molar-refractivity contribution in [3.8, 4) is 11.3 Å². The van der Waals surface area contributed by atoms with Gasteiger partial charge in [-0.2, -0.15) is 0 Å². The first-order valence-corrected chi connectivity index (χ1v) is 7.03. The van der Waals surface area contributed by atoms with Gasteiger partial charge in [0.1, 0.15) is 5.76 Å². The number of furan rings is 1. The summed E-state index contributed by atoms with van der Waals surface area (Å²) in [5.41, 5.74) is 3.64. The smallest absolute Gasteiger partial charge is 0.185 e. The molecule has 0 saturated heterocycles. The van der Waals surface area contributed by atoms with E-state index in [0.717, 1.165) is 30.5 Å². The van der Waals surface area contributed by atoms with Crippen molar-refractivity contribution < 1.29 is 9.21 Å². The molecule has 2 aromatic carbocycles. The van der Waals surface area contributed by atoms with Crippen LogP contribution in [0.5, 0.6) is 0 Å². The molecule has 2 nitrogen and oxygen atoms in total. The number of aryl methyl sites for hydroxylation is 2. The molecule has 1 aromatic heterocycles. The lowest BCUT2D eigenvalue weighted by Crippen LogP contribution is -1.90. The van der Waals surface area contributed by atoms with E-state index in [1.165, 1.54) is 11.1 Å². The average molecular weight is 276 g/mol. The van der Waals surface area contributed by atoms with Gasteiger partial charge in [-0.3, -0.25) is 4.79 Å². The van der Waals surface area contributed by atoms with Gasteiger partial charge in [-0.05, 0) is 36.1 Å². The first kappa shape index (κ1) is 13.4. The topological polar surface area (TPSA) is 30.2 Å². The molecule has 0 aliphatic carbocycles. The monoisotopic (exact) mass is 276 g/mol. The van der Waals surface area contributed by atoms with Crippen LogP contribution in [0, 0.1) is 0 Å². The highest BCUT2D eigenvalue weighted by Gasteiger charge is 2.04. The highest BCUT2D eigenvalue weighted by atomic mass is 16.3. The van der Waals surface area contributed by atoms with Crippen LogP contribution in [0.15, 0.2) is 71.1 Å². The van der Waals surface area contributed by atoms with Gasteiger partial charge in [-0.25, -0.2) is 0 Å². The number of rotatable bonds is 5. The lowest BCUT2D eigenvalue weighted by atomic mass is 10.0. The number of aldehydes is 1. The van der Waals surface area contributed by atoms with E-state index in [4.69, 9.17) is 4.42 Å². The van der Waals surface area contributed by atoms with Crippen LogP contribution in [0.3, 0.4) is 0 Å². The molecule has 0 atom stereocenters. The maximum Gasteiger partial charge on any atom is 0.185 e. The molecular formula is C19H16O2. The molecule has 0 aliphatic rings. The number of hydrogen-bond donors (Lipinski definition) is 0. The summed E-state index contributed by atoms with van der Waals surface area (Å²) in [6.07, 6.45) is 2.77. The fourth-order valence-electron chi connectivity index (χ4n) is 2.34. The van der Waals surface area contributed by atoms with Gasteiger partial charge in [-0.15, -0.1) is 0 Å². The SMILES string of the molecule is O=Cc1ccc(-c2ccc(CCc3ccccc3)cc2)o1. The van der Waals surface area contributed by atoms with Crippen LogP contribution in [-0.2, 0) is 12.8 Å². The van der Waals surface area contributed by atoms with Crippen molar-refractivity contribution in [1.82, 2.24) is 0 Å². The van der Waals surface area contributed by atoms with Crippen molar-refractivity contribution in [2.24, 2.45) is 0 Å². The first-order valence-electron chi connectivity index (χ1n) is 7.03. The predicted molar refractivity (Wildman–Crippen MR) is 83.4 cm³/mol. The van der Waals surface area contributed by atoms with Crippen LogP contribution < -0.4 is 0 Å². The summed E-state index contributed by atoms with van der Waals surface area (Å²) in [4.78, 5) is 10.6. The lowest BCUT2D eigenvalue weighted by Gasteiger charge is -2.03. The lowest BCUT2D eigenvalue weighted by molar-refractivity contribution is 0.110. The molecule has 0 radical (unpaired) electrons. The number of hydrogen-bond acceptors (Lipinski definition) is 2. The highest BCUT2D eigenvalue weighted by molar-refractivity contribution is 5.72. The molecule has 104 valence electrons. The van der Waals surface area contributed by atoms with Gasteiger partial charge in [-0.1, -0.05) is 54.6 Å². The fraction of sp³-hybridized carbons (Fsp3) is 0.105. The van der Waals surface area contributed by atoms with Crippen LogP contribution in [0.2, 0.25) is 0 Å². The van der Waals surface area contributed by atoms with Gasteiger partial charge >= 0.3 is 0 Å². The zero-order chi connectivity index (χ0) is 14.5. The Morgan fingerprint density at radius 3 is 2.05 bits per heavy atom. The molecule has 2 heteroatoms. The summed E-state index contributed by atoms with van der Waals surface area (Å²) in [7, 11) is 0. The Morgan fingerprint density at radius 2 is 1.43 bits per heavy atom. The Balaban J connectivity index is 1.68. The van der Waals surface area contributed by atoms with Gasteiger partial charge in [0.25, 0.3) is 0 Å². The molecule has 3 aromatic rings. The number of carbonyl (C=O) groups excluding carboxylic acids is 1. The normalized spacial score (nSPS) is 10.5. The third-order valence-electron chi connectivity index (χ3n) is 3.53. The van der Waals surface area contributed by atoms with E-state index < -0.39 is 0 Å². The largest absolute Gasteiger partial charge is 0.453 e. The molecule has 0 fully saturated rings. The van der Waals surface area contributed by atoms with E-state index in [-0.39, 0.29) is 0 Å². The van der Waals surface area contributed by atoms with Crippen LogP contribution in [0.25, 0.3) is 11.3 Å². The summed E-state index contributed by atoms with van der Waals surface area (Å²) in [6.45, 7) is 0. The Labute approximate surface area is 124 Å². The summed E-state index contributed by atoms with van der Waals surface area (Å²) in [5.74, 6) is 1.09. The zero-order valence-electron chi connectivity index (χ0n) is 11.7. The molecule has 0 aliphatic heterocycles. The first-order chi connectivity index (χ1) is 10.3.